The van der Waals surface area contributed by atoms with Crippen LogP contribution >= 0.6 is 0 Å². The highest BCUT2D eigenvalue weighted by molar-refractivity contribution is 5.87. The van der Waals surface area contributed by atoms with Crippen molar-refractivity contribution in [3.05, 3.63) is 66.2 Å². The summed E-state index contributed by atoms with van der Waals surface area (Å²) in [5.41, 5.74) is 0.587. The maximum absolute atomic E-state index is 12.9. The lowest BCUT2D eigenvalue weighted by atomic mass is 10.2. The van der Waals surface area contributed by atoms with Gasteiger partial charge in [-0.3, -0.25) is 4.57 Å². The molecule has 0 aliphatic rings. The lowest BCUT2D eigenvalue weighted by molar-refractivity contribution is 0.0349. The van der Waals surface area contributed by atoms with Crippen LogP contribution in [0.3, 0.4) is 0 Å². The minimum absolute atomic E-state index is 0.0799. The second kappa shape index (κ2) is 6.61. The molecule has 0 bridgehead atoms. The molecule has 0 amide bonds. The van der Waals surface area contributed by atoms with Crippen molar-refractivity contribution in [3.63, 3.8) is 0 Å². The number of hydrogen-bond donors (Lipinski definition) is 0. The highest BCUT2D eigenvalue weighted by Crippen LogP contribution is 2.23. The zero-order chi connectivity index (χ0) is 17.1. The van der Waals surface area contributed by atoms with Gasteiger partial charge in [0.1, 0.15) is 18.2 Å². The Bertz CT molecular complexity index is 840. The molecule has 3 rings (SSSR count). The van der Waals surface area contributed by atoms with Crippen LogP contribution in [0.2, 0.25) is 0 Å². The summed E-state index contributed by atoms with van der Waals surface area (Å²) in [6.07, 6.45) is 2.28. The van der Waals surface area contributed by atoms with E-state index in [2.05, 4.69) is 4.98 Å². The number of hydrogen-bond acceptors (Lipinski definition) is 4. The van der Waals surface area contributed by atoms with Gasteiger partial charge >= 0.3 is 12.5 Å². The van der Waals surface area contributed by atoms with Crippen molar-refractivity contribution in [1.82, 2.24) is 9.55 Å². The normalized spacial score (nSPS) is 11.0. The van der Waals surface area contributed by atoms with Crippen LogP contribution in [-0.2, 0) is 11.3 Å². The molecule has 0 aliphatic heterocycles. The van der Waals surface area contributed by atoms with Gasteiger partial charge < -0.3 is 9.15 Å². The number of rotatable bonds is 5. The predicted octanol–water partition coefficient (Wildman–Crippen LogP) is 4.03. The van der Waals surface area contributed by atoms with Gasteiger partial charge in [0.25, 0.3) is 0 Å². The molecule has 3 aromatic rings. The topological polar surface area (TPSA) is 57.3 Å². The number of furan rings is 1. The number of esters is 1. The van der Waals surface area contributed by atoms with Gasteiger partial charge in [-0.15, -0.1) is 0 Å². The highest BCUT2D eigenvalue weighted by atomic mass is 19.3. The maximum Gasteiger partial charge on any atom is 0.374 e. The molecule has 0 N–H and O–H groups in total. The van der Waals surface area contributed by atoms with Gasteiger partial charge in [-0.1, -0.05) is 0 Å². The fourth-order valence-corrected chi connectivity index (χ4v) is 2.05. The van der Waals surface area contributed by atoms with Gasteiger partial charge in [0.05, 0.1) is 0 Å². The van der Waals surface area contributed by atoms with Crippen molar-refractivity contribution in [2.45, 2.75) is 13.2 Å². The average Bonchev–Trinajstić information content (AvgIpc) is 3.22. The summed E-state index contributed by atoms with van der Waals surface area (Å²) in [7, 11) is 0. The van der Waals surface area contributed by atoms with E-state index in [1.54, 1.807) is 0 Å². The number of halogens is 3. The van der Waals surface area contributed by atoms with Crippen LogP contribution in [0.4, 0.5) is 13.2 Å². The van der Waals surface area contributed by atoms with E-state index in [-0.39, 0.29) is 17.4 Å². The van der Waals surface area contributed by atoms with Crippen molar-refractivity contribution in [2.24, 2.45) is 0 Å². The van der Waals surface area contributed by atoms with E-state index >= 15 is 0 Å². The van der Waals surface area contributed by atoms with Crippen molar-refractivity contribution >= 4 is 5.97 Å². The number of nitrogens with zero attached hydrogens (tertiary/aromatic N) is 2. The van der Waals surface area contributed by atoms with Crippen molar-refractivity contribution < 1.29 is 27.1 Å². The fraction of sp³-hybridized carbons (Fsp3) is 0.125. The third-order valence-corrected chi connectivity index (χ3v) is 3.23. The predicted molar refractivity (Wildman–Crippen MR) is 76.7 cm³/mol. The second-order valence-electron chi connectivity index (χ2n) is 4.78. The van der Waals surface area contributed by atoms with Crippen LogP contribution in [0.5, 0.6) is 0 Å². The zero-order valence-electron chi connectivity index (χ0n) is 12.2. The summed E-state index contributed by atoms with van der Waals surface area (Å²) in [5.74, 6) is -1.02. The van der Waals surface area contributed by atoms with Crippen LogP contribution in [0.1, 0.15) is 22.9 Å². The molecule has 5 nitrogen and oxygen atoms in total. The quantitative estimate of drug-likeness (QED) is 0.660. The molecule has 2 heterocycles. The van der Waals surface area contributed by atoms with Gasteiger partial charge in [0, 0.05) is 18.0 Å². The molecule has 1 aromatic carbocycles. The molecule has 0 unspecified atom stereocenters. The van der Waals surface area contributed by atoms with E-state index < -0.39 is 19.1 Å². The Morgan fingerprint density at radius 1 is 1.21 bits per heavy atom. The molecular formula is C16H11F3N2O3. The van der Waals surface area contributed by atoms with E-state index in [0.29, 0.717) is 15.9 Å². The van der Waals surface area contributed by atoms with Gasteiger partial charge in [-0.2, -0.15) is 8.78 Å². The number of carbonyl (C=O) groups is 1. The second-order valence-corrected chi connectivity index (χ2v) is 4.78. The first-order valence-electron chi connectivity index (χ1n) is 6.87. The van der Waals surface area contributed by atoms with Crippen molar-refractivity contribution in [1.29, 1.82) is 0 Å². The molecule has 0 aliphatic carbocycles. The first kappa shape index (κ1) is 15.9. The lowest BCUT2D eigenvalue weighted by Crippen LogP contribution is -2.09. The number of carbonyl (C=O) groups excluding carboxylic acids is 1. The molecule has 0 saturated carbocycles. The number of imidazole rings is 1. The monoisotopic (exact) mass is 336 g/mol. The molecule has 0 radical (unpaired) electrons. The minimum atomic E-state index is -2.77. The summed E-state index contributed by atoms with van der Waals surface area (Å²) < 4.78 is 49.1. The molecular weight excluding hydrogens is 325 g/mol. The lowest BCUT2D eigenvalue weighted by Gasteiger charge is -2.06. The van der Waals surface area contributed by atoms with E-state index in [1.807, 2.05) is 0 Å². The summed E-state index contributed by atoms with van der Waals surface area (Å²) in [6, 6.07) is 8.45. The zero-order valence-corrected chi connectivity index (χ0v) is 12.2. The van der Waals surface area contributed by atoms with Crippen LogP contribution in [0.25, 0.3) is 11.3 Å². The smallest absolute Gasteiger partial charge is 0.374 e. The Morgan fingerprint density at radius 2 is 1.96 bits per heavy atom. The highest BCUT2D eigenvalue weighted by Gasteiger charge is 2.17. The molecule has 2 aromatic heterocycles. The molecule has 0 saturated heterocycles. The first-order chi connectivity index (χ1) is 11.5. The third kappa shape index (κ3) is 3.32. The number of alkyl halides is 2. The summed E-state index contributed by atoms with van der Waals surface area (Å²) in [4.78, 5) is 15.6. The molecule has 0 atom stereocenters. The number of ether oxygens (including phenoxy) is 1. The third-order valence-electron chi connectivity index (χ3n) is 3.23. The molecule has 0 fully saturated rings. The van der Waals surface area contributed by atoms with E-state index in [0.717, 1.165) is 6.20 Å². The standard InChI is InChI=1S/C16H11F3N2O3/c17-11-3-1-10(2-4-11)12-5-6-13(24-12)15(22)23-9-14-20-7-8-21(14)16(18)19/h1-8,16H,9H2. The summed E-state index contributed by atoms with van der Waals surface area (Å²) in [6.45, 7) is -3.18. The van der Waals surface area contributed by atoms with Crippen LogP contribution in [0, 0.1) is 5.82 Å². The van der Waals surface area contributed by atoms with E-state index in [9.17, 15) is 18.0 Å². The summed E-state index contributed by atoms with van der Waals surface area (Å²) in [5, 5.41) is 0. The minimum Gasteiger partial charge on any atom is -0.452 e. The average molecular weight is 336 g/mol. The molecule has 8 heteroatoms. The SMILES string of the molecule is O=C(OCc1nccn1C(F)F)c1ccc(-c2ccc(F)cc2)o1. The van der Waals surface area contributed by atoms with E-state index in [1.165, 1.54) is 42.6 Å². The van der Waals surface area contributed by atoms with Crippen molar-refractivity contribution in [3.8, 4) is 11.3 Å². The van der Waals surface area contributed by atoms with Crippen molar-refractivity contribution in [2.75, 3.05) is 0 Å². The van der Waals surface area contributed by atoms with Crippen LogP contribution in [0.15, 0.2) is 53.2 Å². The molecule has 0 spiro atoms. The maximum atomic E-state index is 12.9. The van der Waals surface area contributed by atoms with Crippen LogP contribution in [-0.4, -0.2) is 15.5 Å². The number of aromatic nitrogens is 2. The van der Waals surface area contributed by atoms with Crippen LogP contribution < -0.4 is 0 Å². The van der Waals surface area contributed by atoms with Gasteiger partial charge in [-0.25, -0.2) is 14.2 Å². The van der Waals surface area contributed by atoms with Gasteiger partial charge in [0.2, 0.25) is 5.76 Å². The molecule has 124 valence electrons. The number of benzene rings is 1. The Morgan fingerprint density at radius 3 is 2.67 bits per heavy atom. The Kier molecular flexibility index (Phi) is 4.37. The van der Waals surface area contributed by atoms with Gasteiger partial charge in [0.15, 0.2) is 5.82 Å². The molecule has 24 heavy (non-hydrogen) atoms. The van der Waals surface area contributed by atoms with E-state index in [4.69, 9.17) is 9.15 Å². The Balaban J connectivity index is 1.68. The van der Waals surface area contributed by atoms with Gasteiger partial charge in [-0.05, 0) is 36.4 Å². The largest absolute Gasteiger partial charge is 0.452 e. The Labute approximate surface area is 134 Å². The first-order valence-corrected chi connectivity index (χ1v) is 6.87. The summed E-state index contributed by atoms with van der Waals surface area (Å²) >= 11 is 0. The fourth-order valence-electron chi connectivity index (χ4n) is 2.05. The Hall–Kier alpha value is -3.03.